The Morgan fingerprint density at radius 2 is 2.00 bits per heavy atom. The Hall–Kier alpha value is -1.35. The van der Waals surface area contributed by atoms with E-state index in [0.29, 0.717) is 19.5 Å². The normalized spacial score (nSPS) is 24.1. The van der Waals surface area contributed by atoms with Gasteiger partial charge in [-0.3, -0.25) is 4.79 Å². The summed E-state index contributed by atoms with van der Waals surface area (Å²) >= 11 is 0. The fraction of sp³-hybridized carbons (Fsp3) is 0.533. The van der Waals surface area contributed by atoms with Gasteiger partial charge in [-0.05, 0) is 19.4 Å². The number of amides is 1. The number of benzene rings is 1. The van der Waals surface area contributed by atoms with Crippen molar-refractivity contribution in [2.24, 2.45) is 0 Å². The van der Waals surface area contributed by atoms with Crippen molar-refractivity contribution in [1.29, 1.82) is 0 Å². The van der Waals surface area contributed by atoms with Crippen molar-refractivity contribution in [2.75, 3.05) is 13.1 Å². The SMILES string of the molecule is CCC(=O)N1C[C@@H](C)O[C@@H](c2ccc(C)cc2)C1. The van der Waals surface area contributed by atoms with E-state index in [1.54, 1.807) is 0 Å². The lowest BCUT2D eigenvalue weighted by atomic mass is 10.0. The van der Waals surface area contributed by atoms with Gasteiger partial charge in [-0.1, -0.05) is 36.8 Å². The van der Waals surface area contributed by atoms with Gasteiger partial charge in [-0.2, -0.15) is 0 Å². The summed E-state index contributed by atoms with van der Waals surface area (Å²) in [6, 6.07) is 8.35. The Morgan fingerprint density at radius 1 is 1.33 bits per heavy atom. The standard InChI is InChI=1S/C15H21NO2/c1-4-15(17)16-9-12(3)18-14(10-16)13-7-5-11(2)6-8-13/h5-8,12,14H,4,9-10H2,1-3H3/t12-,14-/m1/s1. The van der Waals surface area contributed by atoms with Crippen molar-refractivity contribution in [2.45, 2.75) is 39.4 Å². The first-order valence-electron chi connectivity index (χ1n) is 6.60. The quantitative estimate of drug-likeness (QED) is 0.804. The number of nitrogens with zero attached hydrogens (tertiary/aromatic N) is 1. The van der Waals surface area contributed by atoms with Crippen molar-refractivity contribution < 1.29 is 9.53 Å². The number of hydrogen-bond donors (Lipinski definition) is 0. The molecule has 1 heterocycles. The molecule has 0 aromatic heterocycles. The molecule has 0 saturated carbocycles. The second-order valence-corrected chi connectivity index (χ2v) is 5.00. The van der Waals surface area contributed by atoms with E-state index in [2.05, 4.69) is 31.2 Å². The van der Waals surface area contributed by atoms with Crippen LogP contribution in [0.5, 0.6) is 0 Å². The molecule has 0 radical (unpaired) electrons. The lowest BCUT2D eigenvalue weighted by molar-refractivity contribution is -0.144. The summed E-state index contributed by atoms with van der Waals surface area (Å²) in [6.07, 6.45) is 0.665. The number of rotatable bonds is 2. The first-order chi connectivity index (χ1) is 8.60. The van der Waals surface area contributed by atoms with E-state index in [1.807, 2.05) is 18.7 Å². The third-order valence-electron chi connectivity index (χ3n) is 3.36. The molecule has 3 heteroatoms. The van der Waals surface area contributed by atoms with Crippen LogP contribution in [-0.2, 0) is 9.53 Å². The number of carbonyl (C=O) groups is 1. The van der Waals surface area contributed by atoms with E-state index in [4.69, 9.17) is 4.74 Å². The van der Waals surface area contributed by atoms with Gasteiger partial charge in [0.05, 0.1) is 12.6 Å². The average Bonchev–Trinajstić information content (AvgIpc) is 2.38. The molecule has 1 aromatic rings. The summed E-state index contributed by atoms with van der Waals surface area (Å²) < 4.78 is 5.94. The van der Waals surface area contributed by atoms with Crippen molar-refractivity contribution in [3.05, 3.63) is 35.4 Å². The number of aryl methyl sites for hydroxylation is 1. The van der Waals surface area contributed by atoms with E-state index in [9.17, 15) is 4.79 Å². The highest BCUT2D eigenvalue weighted by atomic mass is 16.5. The molecule has 0 aliphatic carbocycles. The van der Waals surface area contributed by atoms with E-state index in [-0.39, 0.29) is 18.1 Å². The Bertz CT molecular complexity index is 413. The average molecular weight is 247 g/mol. The van der Waals surface area contributed by atoms with Crippen LogP contribution in [0.25, 0.3) is 0 Å². The predicted octanol–water partition coefficient (Wildman–Crippen LogP) is 2.69. The number of hydrogen-bond acceptors (Lipinski definition) is 2. The summed E-state index contributed by atoms with van der Waals surface area (Å²) in [5, 5.41) is 0. The lowest BCUT2D eigenvalue weighted by Crippen LogP contribution is -2.45. The monoisotopic (exact) mass is 247 g/mol. The summed E-state index contributed by atoms with van der Waals surface area (Å²) in [5.74, 6) is 0.210. The Morgan fingerprint density at radius 3 is 2.61 bits per heavy atom. The topological polar surface area (TPSA) is 29.5 Å². The minimum Gasteiger partial charge on any atom is -0.367 e. The van der Waals surface area contributed by atoms with Crippen LogP contribution in [0.15, 0.2) is 24.3 Å². The first-order valence-corrected chi connectivity index (χ1v) is 6.60. The maximum atomic E-state index is 11.8. The Labute approximate surface area is 109 Å². The lowest BCUT2D eigenvalue weighted by Gasteiger charge is -2.37. The maximum absolute atomic E-state index is 11.8. The van der Waals surface area contributed by atoms with Crippen LogP contribution >= 0.6 is 0 Å². The molecule has 3 nitrogen and oxygen atoms in total. The zero-order valence-corrected chi connectivity index (χ0v) is 11.3. The van der Waals surface area contributed by atoms with Gasteiger partial charge in [-0.25, -0.2) is 0 Å². The van der Waals surface area contributed by atoms with Gasteiger partial charge in [-0.15, -0.1) is 0 Å². The first kappa shape index (κ1) is 13.1. The van der Waals surface area contributed by atoms with Gasteiger partial charge in [0.1, 0.15) is 6.10 Å². The summed E-state index contributed by atoms with van der Waals surface area (Å²) in [7, 11) is 0. The maximum Gasteiger partial charge on any atom is 0.222 e. The molecular formula is C15H21NO2. The van der Waals surface area contributed by atoms with Crippen molar-refractivity contribution in [1.82, 2.24) is 4.90 Å². The van der Waals surface area contributed by atoms with Crippen LogP contribution in [0, 0.1) is 6.92 Å². The second-order valence-electron chi connectivity index (χ2n) is 5.00. The smallest absolute Gasteiger partial charge is 0.222 e. The van der Waals surface area contributed by atoms with Gasteiger partial charge in [0.15, 0.2) is 0 Å². The van der Waals surface area contributed by atoms with Gasteiger partial charge < -0.3 is 9.64 Å². The third-order valence-corrected chi connectivity index (χ3v) is 3.36. The Kier molecular flexibility index (Phi) is 4.02. The van der Waals surface area contributed by atoms with Gasteiger partial charge in [0.2, 0.25) is 5.91 Å². The Balaban J connectivity index is 2.13. The molecule has 1 saturated heterocycles. The van der Waals surface area contributed by atoms with E-state index in [1.165, 1.54) is 5.56 Å². The fourth-order valence-electron chi connectivity index (χ4n) is 2.34. The molecular weight excluding hydrogens is 226 g/mol. The van der Waals surface area contributed by atoms with Gasteiger partial charge in [0.25, 0.3) is 0 Å². The molecule has 1 aromatic carbocycles. The van der Waals surface area contributed by atoms with Crippen LogP contribution in [0.3, 0.4) is 0 Å². The minimum absolute atomic E-state index is 0.00449. The van der Waals surface area contributed by atoms with E-state index >= 15 is 0 Å². The summed E-state index contributed by atoms with van der Waals surface area (Å²) in [4.78, 5) is 13.7. The predicted molar refractivity (Wildman–Crippen MR) is 71.3 cm³/mol. The third kappa shape index (κ3) is 2.91. The molecule has 0 N–H and O–H groups in total. The van der Waals surface area contributed by atoms with Gasteiger partial charge in [0, 0.05) is 13.0 Å². The van der Waals surface area contributed by atoms with Gasteiger partial charge >= 0.3 is 0 Å². The molecule has 2 atom stereocenters. The number of morpholine rings is 1. The summed E-state index contributed by atoms with van der Waals surface area (Å²) in [6.45, 7) is 7.37. The highest BCUT2D eigenvalue weighted by Crippen LogP contribution is 2.25. The van der Waals surface area contributed by atoms with Crippen LogP contribution in [0.4, 0.5) is 0 Å². The van der Waals surface area contributed by atoms with E-state index < -0.39 is 0 Å². The fourth-order valence-corrected chi connectivity index (χ4v) is 2.34. The molecule has 98 valence electrons. The highest BCUT2D eigenvalue weighted by Gasteiger charge is 2.28. The molecule has 0 unspecified atom stereocenters. The van der Waals surface area contributed by atoms with E-state index in [0.717, 1.165) is 5.56 Å². The van der Waals surface area contributed by atoms with Crippen molar-refractivity contribution >= 4 is 5.91 Å². The zero-order valence-electron chi connectivity index (χ0n) is 11.3. The zero-order chi connectivity index (χ0) is 13.1. The van der Waals surface area contributed by atoms with Crippen LogP contribution in [-0.4, -0.2) is 30.0 Å². The van der Waals surface area contributed by atoms with Crippen LogP contribution in [0.1, 0.15) is 37.5 Å². The minimum atomic E-state index is 0.00449. The van der Waals surface area contributed by atoms with Crippen LogP contribution < -0.4 is 0 Å². The largest absolute Gasteiger partial charge is 0.367 e. The molecule has 1 amide bonds. The molecule has 1 fully saturated rings. The molecule has 18 heavy (non-hydrogen) atoms. The van der Waals surface area contributed by atoms with Crippen LogP contribution in [0.2, 0.25) is 0 Å². The molecule has 1 aliphatic rings. The number of ether oxygens (including phenoxy) is 1. The highest BCUT2D eigenvalue weighted by molar-refractivity contribution is 5.76. The molecule has 0 spiro atoms. The molecule has 2 rings (SSSR count). The van der Waals surface area contributed by atoms with Crippen molar-refractivity contribution in [3.63, 3.8) is 0 Å². The number of carbonyl (C=O) groups excluding carboxylic acids is 1. The molecule has 0 bridgehead atoms. The second kappa shape index (κ2) is 5.53. The summed E-state index contributed by atoms with van der Waals surface area (Å²) in [5.41, 5.74) is 2.39. The van der Waals surface area contributed by atoms with Crippen molar-refractivity contribution in [3.8, 4) is 0 Å². The molecule has 1 aliphatic heterocycles.